The lowest BCUT2D eigenvalue weighted by atomic mass is 9.93. The van der Waals surface area contributed by atoms with Gasteiger partial charge in [-0.3, -0.25) is 4.90 Å². The minimum atomic E-state index is -4.39. The minimum absolute atomic E-state index is 0.0610. The molecular weight excluding hydrogens is 455 g/mol. The summed E-state index contributed by atoms with van der Waals surface area (Å²) < 4.78 is 38.3. The van der Waals surface area contributed by atoms with Gasteiger partial charge in [-0.05, 0) is 62.9 Å². The fourth-order valence-electron chi connectivity index (χ4n) is 4.97. The average Bonchev–Trinajstić information content (AvgIpc) is 2.85. The average molecular weight is 490 g/mol. The van der Waals surface area contributed by atoms with Crippen LogP contribution in [0, 0.1) is 5.92 Å². The van der Waals surface area contributed by atoms with Crippen molar-refractivity contribution in [2.45, 2.75) is 44.9 Å². The monoisotopic (exact) mass is 489 g/mol. The van der Waals surface area contributed by atoms with E-state index in [9.17, 15) is 18.0 Å². The Bertz CT molecular complexity index is 946. The molecule has 190 valence electrons. The van der Waals surface area contributed by atoms with Crippen LogP contribution < -0.4 is 10.2 Å². The van der Waals surface area contributed by atoms with Crippen molar-refractivity contribution < 1.29 is 18.0 Å². The molecule has 0 spiro atoms. The second kappa shape index (κ2) is 11.3. The Balaban J connectivity index is 1.16. The fourth-order valence-corrected chi connectivity index (χ4v) is 4.97. The van der Waals surface area contributed by atoms with Crippen molar-refractivity contribution in [1.82, 2.24) is 20.1 Å². The molecule has 1 aromatic carbocycles. The minimum Gasteiger partial charge on any atom is -0.353 e. The summed E-state index contributed by atoms with van der Waals surface area (Å²) in [6.45, 7) is 7.37. The van der Waals surface area contributed by atoms with Gasteiger partial charge in [0.05, 0.1) is 5.56 Å². The summed E-state index contributed by atoms with van der Waals surface area (Å²) in [5.74, 6) is 1.13. The van der Waals surface area contributed by atoms with E-state index in [4.69, 9.17) is 0 Å². The van der Waals surface area contributed by atoms with Gasteiger partial charge in [-0.1, -0.05) is 30.3 Å². The van der Waals surface area contributed by atoms with Crippen LogP contribution in [0.1, 0.15) is 37.3 Å². The van der Waals surface area contributed by atoms with E-state index in [1.54, 1.807) is 0 Å². The Morgan fingerprint density at radius 1 is 1.06 bits per heavy atom. The third-order valence-electron chi connectivity index (χ3n) is 7.07. The molecule has 2 aromatic rings. The van der Waals surface area contributed by atoms with Crippen molar-refractivity contribution in [3.63, 3.8) is 0 Å². The highest BCUT2D eigenvalue weighted by Crippen LogP contribution is 2.29. The number of hydrogen-bond acceptors (Lipinski definition) is 4. The molecule has 0 radical (unpaired) electrons. The van der Waals surface area contributed by atoms with Crippen molar-refractivity contribution >= 4 is 11.8 Å². The van der Waals surface area contributed by atoms with Crippen LogP contribution >= 0.6 is 0 Å². The van der Waals surface area contributed by atoms with Crippen molar-refractivity contribution in [2.24, 2.45) is 5.92 Å². The van der Waals surface area contributed by atoms with Crippen LogP contribution in [0.25, 0.3) is 0 Å². The summed E-state index contributed by atoms with van der Waals surface area (Å²) in [5.41, 5.74) is 0.593. The SMILES string of the molecule is C[C@@H]1CN(c2ccc(C(F)(F)F)cn2)CCN1C(=O)NCCC1CCN(Cc2ccccc2)CC1. The third kappa shape index (κ3) is 6.87. The predicted octanol–water partition coefficient (Wildman–Crippen LogP) is 4.62. The van der Waals surface area contributed by atoms with Gasteiger partial charge in [-0.2, -0.15) is 13.2 Å². The second-order valence-corrected chi connectivity index (χ2v) is 9.62. The number of likely N-dealkylation sites (tertiary alicyclic amines) is 1. The number of hydrogen-bond donors (Lipinski definition) is 1. The number of pyridine rings is 1. The zero-order valence-electron chi connectivity index (χ0n) is 20.2. The number of carbonyl (C=O) groups excluding carboxylic acids is 1. The lowest BCUT2D eigenvalue weighted by Crippen LogP contribution is -2.57. The lowest BCUT2D eigenvalue weighted by molar-refractivity contribution is -0.137. The lowest BCUT2D eigenvalue weighted by Gasteiger charge is -2.40. The third-order valence-corrected chi connectivity index (χ3v) is 7.07. The topological polar surface area (TPSA) is 51.7 Å². The molecule has 0 saturated carbocycles. The van der Waals surface area contributed by atoms with Crippen molar-refractivity contribution in [2.75, 3.05) is 44.2 Å². The van der Waals surface area contributed by atoms with Crippen LogP contribution in [0.2, 0.25) is 0 Å². The number of urea groups is 1. The molecule has 3 heterocycles. The molecule has 4 rings (SSSR count). The highest BCUT2D eigenvalue weighted by atomic mass is 19.4. The normalized spacial score (nSPS) is 20.2. The van der Waals surface area contributed by atoms with Gasteiger partial charge in [0.2, 0.25) is 0 Å². The van der Waals surface area contributed by atoms with Crippen LogP contribution in [0.4, 0.5) is 23.8 Å². The first kappa shape index (κ1) is 25.3. The molecule has 1 atom stereocenters. The van der Waals surface area contributed by atoms with Gasteiger partial charge >= 0.3 is 12.2 Å². The van der Waals surface area contributed by atoms with Gasteiger partial charge in [-0.15, -0.1) is 0 Å². The molecule has 35 heavy (non-hydrogen) atoms. The number of halogens is 3. The van der Waals surface area contributed by atoms with Gasteiger partial charge in [0.1, 0.15) is 5.82 Å². The van der Waals surface area contributed by atoms with Gasteiger partial charge in [-0.25, -0.2) is 9.78 Å². The molecule has 0 aliphatic carbocycles. The van der Waals surface area contributed by atoms with Gasteiger partial charge in [0.15, 0.2) is 0 Å². The zero-order valence-corrected chi connectivity index (χ0v) is 20.2. The van der Waals surface area contributed by atoms with Crippen LogP contribution in [-0.4, -0.2) is 66.1 Å². The number of carbonyl (C=O) groups is 1. The molecule has 2 amide bonds. The number of rotatable bonds is 6. The molecule has 1 aromatic heterocycles. The number of piperazine rings is 1. The number of nitrogens with one attached hydrogen (secondary N) is 1. The van der Waals surface area contributed by atoms with Gasteiger partial charge in [0, 0.05) is 45.0 Å². The van der Waals surface area contributed by atoms with Crippen LogP contribution in [0.5, 0.6) is 0 Å². The molecule has 9 heteroatoms. The second-order valence-electron chi connectivity index (χ2n) is 9.62. The van der Waals surface area contributed by atoms with E-state index in [1.807, 2.05) is 22.8 Å². The first-order chi connectivity index (χ1) is 16.8. The summed E-state index contributed by atoms with van der Waals surface area (Å²) in [7, 11) is 0. The van der Waals surface area contributed by atoms with Gasteiger partial charge < -0.3 is 15.1 Å². The first-order valence-corrected chi connectivity index (χ1v) is 12.4. The number of nitrogens with zero attached hydrogens (tertiary/aromatic N) is 4. The first-order valence-electron chi connectivity index (χ1n) is 12.4. The molecule has 2 aliphatic rings. The van der Waals surface area contributed by atoms with Crippen molar-refractivity contribution in [1.29, 1.82) is 0 Å². The van der Waals surface area contributed by atoms with Crippen LogP contribution in [0.15, 0.2) is 48.7 Å². The summed E-state index contributed by atoms with van der Waals surface area (Å²) in [6.07, 6.45) is -0.245. The fraction of sp³-hybridized carbons (Fsp3) is 0.538. The Kier molecular flexibility index (Phi) is 8.15. The Labute approximate surface area is 205 Å². The molecule has 2 saturated heterocycles. The maximum Gasteiger partial charge on any atom is 0.417 e. The highest BCUT2D eigenvalue weighted by Gasteiger charge is 2.32. The van der Waals surface area contributed by atoms with E-state index in [2.05, 4.69) is 39.5 Å². The van der Waals surface area contributed by atoms with E-state index >= 15 is 0 Å². The van der Waals surface area contributed by atoms with Crippen molar-refractivity contribution in [3.8, 4) is 0 Å². The molecule has 0 unspecified atom stereocenters. The summed E-state index contributed by atoms with van der Waals surface area (Å²) in [5, 5.41) is 3.07. The maximum atomic E-state index is 12.8. The number of aromatic nitrogens is 1. The van der Waals surface area contributed by atoms with E-state index in [1.165, 1.54) is 11.6 Å². The van der Waals surface area contributed by atoms with E-state index < -0.39 is 11.7 Å². The summed E-state index contributed by atoms with van der Waals surface area (Å²) in [4.78, 5) is 23.0. The Morgan fingerprint density at radius 3 is 2.43 bits per heavy atom. The van der Waals surface area contributed by atoms with E-state index in [-0.39, 0.29) is 12.1 Å². The van der Waals surface area contributed by atoms with Crippen molar-refractivity contribution in [3.05, 3.63) is 59.8 Å². The predicted molar refractivity (Wildman–Crippen MR) is 130 cm³/mol. The number of piperidine rings is 1. The molecule has 1 N–H and O–H groups in total. The maximum absolute atomic E-state index is 12.8. The molecular formula is C26H34F3N5O. The molecule has 2 aliphatic heterocycles. The molecule has 6 nitrogen and oxygen atoms in total. The van der Waals surface area contributed by atoms with Crippen LogP contribution in [0.3, 0.4) is 0 Å². The quantitative estimate of drug-likeness (QED) is 0.643. The number of benzene rings is 1. The van der Waals surface area contributed by atoms with E-state index in [0.717, 1.165) is 51.2 Å². The summed E-state index contributed by atoms with van der Waals surface area (Å²) in [6, 6.07) is 12.9. The largest absolute Gasteiger partial charge is 0.417 e. The van der Waals surface area contributed by atoms with E-state index in [0.29, 0.717) is 37.9 Å². The smallest absolute Gasteiger partial charge is 0.353 e. The highest BCUT2D eigenvalue weighted by molar-refractivity contribution is 5.75. The van der Waals surface area contributed by atoms with Gasteiger partial charge in [0.25, 0.3) is 0 Å². The molecule has 2 fully saturated rings. The number of anilines is 1. The number of amides is 2. The standard InChI is InChI=1S/C26H34F3N5O/c1-20-18-33(24-8-7-23(17-31-24)26(27,28)29)15-16-34(20)25(35)30-12-9-21-10-13-32(14-11-21)19-22-5-3-2-4-6-22/h2-8,17,20-21H,9-16,18-19H2,1H3,(H,30,35)/t20-/m1/s1. The summed E-state index contributed by atoms with van der Waals surface area (Å²) >= 11 is 0. The zero-order chi connectivity index (χ0) is 24.8. The molecule has 0 bridgehead atoms. The Hall–Kier alpha value is -2.81. The van der Waals surface area contributed by atoms with Crippen LogP contribution in [-0.2, 0) is 12.7 Å². The Morgan fingerprint density at radius 2 is 1.80 bits per heavy atom. The number of alkyl halides is 3.